The van der Waals surface area contributed by atoms with Gasteiger partial charge in [0.2, 0.25) is 0 Å². The summed E-state index contributed by atoms with van der Waals surface area (Å²) in [6.07, 6.45) is 0.953. The van der Waals surface area contributed by atoms with Crippen LogP contribution < -0.4 is 0 Å². The van der Waals surface area contributed by atoms with Crippen LogP contribution in [0.2, 0.25) is 0 Å². The van der Waals surface area contributed by atoms with E-state index in [0.717, 1.165) is 12.0 Å². The first-order valence-corrected chi connectivity index (χ1v) is 4.88. The van der Waals surface area contributed by atoms with Crippen LogP contribution in [-0.4, -0.2) is 5.78 Å². The lowest BCUT2D eigenvalue weighted by Gasteiger charge is -2.10. The Morgan fingerprint density at radius 3 is 2.62 bits per heavy atom. The van der Waals surface area contributed by atoms with Crippen molar-refractivity contribution in [2.75, 3.05) is 0 Å². The molecule has 0 amide bonds. The molecular formula is C12H14O. The normalized spacial score (nSPS) is 26.2. The van der Waals surface area contributed by atoms with Crippen LogP contribution in [0.5, 0.6) is 0 Å². The minimum absolute atomic E-state index is 0.220. The van der Waals surface area contributed by atoms with Gasteiger partial charge in [-0.3, -0.25) is 4.79 Å². The van der Waals surface area contributed by atoms with Crippen LogP contribution in [0.3, 0.4) is 0 Å². The molecule has 0 heterocycles. The van der Waals surface area contributed by atoms with E-state index < -0.39 is 0 Å². The van der Waals surface area contributed by atoms with E-state index in [1.54, 1.807) is 0 Å². The van der Waals surface area contributed by atoms with Crippen molar-refractivity contribution in [2.45, 2.75) is 26.2 Å². The van der Waals surface area contributed by atoms with Crippen molar-refractivity contribution in [3.05, 3.63) is 35.4 Å². The molecule has 1 aliphatic rings. The van der Waals surface area contributed by atoms with Gasteiger partial charge in [0.1, 0.15) is 0 Å². The van der Waals surface area contributed by atoms with Gasteiger partial charge in [-0.1, -0.05) is 38.1 Å². The third-order valence-electron chi connectivity index (χ3n) is 3.10. The van der Waals surface area contributed by atoms with E-state index in [0.29, 0.717) is 11.7 Å². The van der Waals surface area contributed by atoms with Crippen LogP contribution >= 0.6 is 0 Å². The topological polar surface area (TPSA) is 17.1 Å². The maximum Gasteiger partial charge on any atom is 0.166 e. The third-order valence-corrected chi connectivity index (χ3v) is 3.10. The van der Waals surface area contributed by atoms with Crippen molar-refractivity contribution in [2.24, 2.45) is 5.92 Å². The fourth-order valence-corrected chi connectivity index (χ4v) is 2.30. The van der Waals surface area contributed by atoms with Crippen molar-refractivity contribution in [1.82, 2.24) is 0 Å². The summed E-state index contributed by atoms with van der Waals surface area (Å²) in [5.41, 5.74) is 2.18. The fourth-order valence-electron chi connectivity index (χ4n) is 2.30. The highest BCUT2D eigenvalue weighted by molar-refractivity contribution is 6.03. The summed E-state index contributed by atoms with van der Waals surface area (Å²) in [5.74, 6) is 0.969. The van der Waals surface area contributed by atoms with Crippen LogP contribution in [-0.2, 0) is 0 Å². The lowest BCUT2D eigenvalue weighted by Crippen LogP contribution is -2.09. The molecule has 0 saturated carbocycles. The molecule has 0 fully saturated rings. The van der Waals surface area contributed by atoms with Gasteiger partial charge in [0.05, 0.1) is 0 Å². The largest absolute Gasteiger partial charge is 0.294 e. The summed E-state index contributed by atoms with van der Waals surface area (Å²) in [6.45, 7) is 4.24. The standard InChI is InChI=1S/C12H14O/c1-3-9-8(2)10-6-4-5-7-11(10)12(9)13/h4-9H,3H2,1-2H3. The second kappa shape index (κ2) is 2.99. The predicted octanol–water partition coefficient (Wildman–Crippen LogP) is 3.01. The molecule has 0 saturated heterocycles. The van der Waals surface area contributed by atoms with Crippen LogP contribution in [0.15, 0.2) is 24.3 Å². The monoisotopic (exact) mass is 174 g/mol. The predicted molar refractivity (Wildman–Crippen MR) is 53.0 cm³/mol. The van der Waals surface area contributed by atoms with Crippen molar-refractivity contribution in [3.63, 3.8) is 0 Å². The Morgan fingerprint density at radius 2 is 2.00 bits per heavy atom. The van der Waals surface area contributed by atoms with Gasteiger partial charge in [-0.25, -0.2) is 0 Å². The van der Waals surface area contributed by atoms with E-state index in [4.69, 9.17) is 0 Å². The van der Waals surface area contributed by atoms with Gasteiger partial charge in [0.15, 0.2) is 5.78 Å². The second-order valence-corrected chi connectivity index (χ2v) is 3.75. The molecule has 13 heavy (non-hydrogen) atoms. The van der Waals surface area contributed by atoms with Gasteiger partial charge in [0, 0.05) is 11.5 Å². The van der Waals surface area contributed by atoms with E-state index >= 15 is 0 Å². The van der Waals surface area contributed by atoms with Crippen molar-refractivity contribution in [1.29, 1.82) is 0 Å². The van der Waals surface area contributed by atoms with E-state index in [2.05, 4.69) is 19.9 Å². The number of carbonyl (C=O) groups is 1. The Kier molecular flexibility index (Phi) is 1.95. The summed E-state index contributed by atoms with van der Waals surface area (Å²) in [6, 6.07) is 7.99. The molecular weight excluding hydrogens is 160 g/mol. The SMILES string of the molecule is CCC1C(=O)c2ccccc2C1C. The van der Waals surface area contributed by atoms with Crippen molar-refractivity contribution >= 4 is 5.78 Å². The van der Waals surface area contributed by atoms with E-state index in [1.807, 2.05) is 18.2 Å². The number of carbonyl (C=O) groups excluding carboxylic acids is 1. The Morgan fingerprint density at radius 1 is 1.31 bits per heavy atom. The Hall–Kier alpha value is -1.11. The number of ketones is 1. The molecule has 0 aliphatic heterocycles. The molecule has 2 atom stereocenters. The zero-order chi connectivity index (χ0) is 9.42. The van der Waals surface area contributed by atoms with Gasteiger partial charge in [-0.05, 0) is 17.9 Å². The molecule has 2 rings (SSSR count). The van der Waals surface area contributed by atoms with E-state index in [9.17, 15) is 4.79 Å². The third kappa shape index (κ3) is 1.11. The highest BCUT2D eigenvalue weighted by Crippen LogP contribution is 2.38. The fraction of sp³-hybridized carbons (Fsp3) is 0.417. The molecule has 0 N–H and O–H groups in total. The molecule has 1 aromatic carbocycles. The highest BCUT2D eigenvalue weighted by Gasteiger charge is 2.34. The first-order valence-electron chi connectivity index (χ1n) is 4.88. The number of rotatable bonds is 1. The number of fused-ring (bicyclic) bond motifs is 1. The average Bonchev–Trinajstić information content (AvgIpc) is 2.41. The molecule has 0 aromatic heterocycles. The molecule has 68 valence electrons. The summed E-state index contributed by atoms with van der Waals surface area (Å²) >= 11 is 0. The van der Waals surface area contributed by atoms with Gasteiger partial charge in [0.25, 0.3) is 0 Å². The molecule has 0 bridgehead atoms. The molecule has 1 heteroatoms. The smallest absolute Gasteiger partial charge is 0.166 e. The van der Waals surface area contributed by atoms with E-state index in [-0.39, 0.29) is 5.92 Å². The van der Waals surface area contributed by atoms with E-state index in [1.165, 1.54) is 5.56 Å². The number of hydrogen-bond donors (Lipinski definition) is 0. The van der Waals surface area contributed by atoms with Crippen LogP contribution in [0.4, 0.5) is 0 Å². The molecule has 0 radical (unpaired) electrons. The number of Topliss-reactive ketones (excluding diaryl/α,β-unsaturated/α-hetero) is 1. The van der Waals surface area contributed by atoms with Gasteiger partial charge in [-0.15, -0.1) is 0 Å². The maximum absolute atomic E-state index is 11.8. The summed E-state index contributed by atoms with van der Waals surface area (Å²) in [5, 5.41) is 0. The van der Waals surface area contributed by atoms with Crippen LogP contribution in [0.1, 0.15) is 42.1 Å². The second-order valence-electron chi connectivity index (χ2n) is 3.75. The molecule has 1 nitrogen and oxygen atoms in total. The highest BCUT2D eigenvalue weighted by atomic mass is 16.1. The van der Waals surface area contributed by atoms with Gasteiger partial charge >= 0.3 is 0 Å². The molecule has 0 spiro atoms. The summed E-state index contributed by atoms with van der Waals surface area (Å²) < 4.78 is 0. The molecule has 1 aliphatic carbocycles. The quantitative estimate of drug-likeness (QED) is 0.639. The first kappa shape index (κ1) is 8.49. The first-order chi connectivity index (χ1) is 6.25. The van der Waals surface area contributed by atoms with Gasteiger partial charge < -0.3 is 0 Å². The molecule has 1 aromatic rings. The lowest BCUT2D eigenvalue weighted by molar-refractivity contribution is 0.0923. The van der Waals surface area contributed by atoms with Crippen LogP contribution in [0.25, 0.3) is 0 Å². The minimum atomic E-state index is 0.220. The Balaban J connectivity index is 2.50. The Labute approximate surface area is 78.8 Å². The van der Waals surface area contributed by atoms with Crippen molar-refractivity contribution < 1.29 is 4.79 Å². The lowest BCUT2D eigenvalue weighted by atomic mass is 9.92. The maximum atomic E-state index is 11.8. The van der Waals surface area contributed by atoms with Crippen LogP contribution in [0, 0.1) is 5.92 Å². The minimum Gasteiger partial charge on any atom is -0.294 e. The van der Waals surface area contributed by atoms with Crippen molar-refractivity contribution in [3.8, 4) is 0 Å². The summed E-state index contributed by atoms with van der Waals surface area (Å²) in [4.78, 5) is 11.8. The van der Waals surface area contributed by atoms with Gasteiger partial charge in [-0.2, -0.15) is 0 Å². The zero-order valence-corrected chi connectivity index (χ0v) is 8.08. The summed E-state index contributed by atoms with van der Waals surface area (Å²) in [7, 11) is 0. The zero-order valence-electron chi connectivity index (χ0n) is 8.08. The number of hydrogen-bond acceptors (Lipinski definition) is 1. The Bertz CT molecular complexity index is 341. The average molecular weight is 174 g/mol. The number of benzene rings is 1. The molecule has 2 unspecified atom stereocenters.